The summed E-state index contributed by atoms with van der Waals surface area (Å²) < 4.78 is 0. The average molecular weight is 299 g/mol. The van der Waals surface area contributed by atoms with E-state index >= 15 is 0 Å². The fraction of sp³-hybridized carbons (Fsp3) is 0.0952. The van der Waals surface area contributed by atoms with Crippen molar-refractivity contribution in [3.05, 3.63) is 83.9 Å². The molecule has 23 heavy (non-hydrogen) atoms. The van der Waals surface area contributed by atoms with Crippen LogP contribution in [0.5, 0.6) is 0 Å². The Bertz CT molecular complexity index is 905. The molecule has 1 amide bonds. The van der Waals surface area contributed by atoms with E-state index in [0.717, 1.165) is 24.2 Å². The Morgan fingerprint density at radius 2 is 1.70 bits per heavy atom. The molecule has 3 aromatic rings. The van der Waals surface area contributed by atoms with Crippen molar-refractivity contribution >= 4 is 28.4 Å². The number of hydrogen-bond acceptors (Lipinski definition) is 1. The second-order valence-corrected chi connectivity index (χ2v) is 5.77. The molecule has 0 unspecified atom stereocenters. The molecule has 0 bridgehead atoms. The zero-order chi connectivity index (χ0) is 15.6. The molecule has 2 nitrogen and oxygen atoms in total. The van der Waals surface area contributed by atoms with Crippen LogP contribution in [0.15, 0.2) is 72.8 Å². The maximum absolute atomic E-state index is 12.6. The van der Waals surface area contributed by atoms with Gasteiger partial charge >= 0.3 is 0 Å². The minimum absolute atomic E-state index is 0.0443. The number of amides is 1. The van der Waals surface area contributed by atoms with Crippen molar-refractivity contribution in [3.63, 3.8) is 0 Å². The first kappa shape index (κ1) is 13.8. The summed E-state index contributed by atoms with van der Waals surface area (Å²) in [5.74, 6) is 0.0443. The minimum Gasteiger partial charge on any atom is -0.308 e. The van der Waals surface area contributed by atoms with Crippen LogP contribution >= 0.6 is 0 Å². The highest BCUT2D eigenvalue weighted by atomic mass is 16.2. The van der Waals surface area contributed by atoms with Gasteiger partial charge in [0.2, 0.25) is 0 Å². The predicted octanol–water partition coefficient (Wildman–Crippen LogP) is 4.44. The summed E-state index contributed by atoms with van der Waals surface area (Å²) in [6.07, 6.45) is 4.54. The van der Waals surface area contributed by atoms with E-state index in [0.29, 0.717) is 0 Å². The number of carbonyl (C=O) groups is 1. The van der Waals surface area contributed by atoms with Gasteiger partial charge in [0, 0.05) is 18.3 Å². The van der Waals surface area contributed by atoms with Gasteiger partial charge in [0.15, 0.2) is 0 Å². The smallest absolute Gasteiger partial charge is 0.251 e. The van der Waals surface area contributed by atoms with Crippen LogP contribution < -0.4 is 4.90 Å². The molecule has 0 spiro atoms. The monoisotopic (exact) mass is 299 g/mol. The maximum Gasteiger partial charge on any atom is 0.251 e. The number of anilines is 1. The normalized spacial score (nSPS) is 13.7. The van der Waals surface area contributed by atoms with Crippen LogP contribution in [0, 0.1) is 0 Å². The first-order chi connectivity index (χ1) is 11.3. The number of rotatable bonds is 2. The first-order valence-electron chi connectivity index (χ1n) is 7.88. The Morgan fingerprint density at radius 3 is 2.65 bits per heavy atom. The van der Waals surface area contributed by atoms with E-state index in [-0.39, 0.29) is 5.91 Å². The van der Waals surface area contributed by atoms with Gasteiger partial charge in [-0.1, -0.05) is 60.7 Å². The van der Waals surface area contributed by atoms with E-state index in [4.69, 9.17) is 0 Å². The molecule has 0 fully saturated rings. The number of para-hydroxylation sites is 1. The van der Waals surface area contributed by atoms with Crippen molar-refractivity contribution in [1.82, 2.24) is 0 Å². The third-order valence-electron chi connectivity index (χ3n) is 4.38. The summed E-state index contributed by atoms with van der Waals surface area (Å²) in [4.78, 5) is 14.4. The lowest BCUT2D eigenvalue weighted by atomic mass is 10.0. The fourth-order valence-electron chi connectivity index (χ4n) is 3.21. The van der Waals surface area contributed by atoms with Gasteiger partial charge in [0.25, 0.3) is 5.91 Å². The second-order valence-electron chi connectivity index (χ2n) is 5.77. The second kappa shape index (κ2) is 5.73. The molecule has 0 saturated heterocycles. The number of fused-ring (bicyclic) bond motifs is 2. The Hall–Kier alpha value is -2.87. The van der Waals surface area contributed by atoms with E-state index in [1.165, 1.54) is 16.3 Å². The van der Waals surface area contributed by atoms with Crippen LogP contribution in [0.1, 0.15) is 11.1 Å². The van der Waals surface area contributed by atoms with Gasteiger partial charge in [-0.25, -0.2) is 0 Å². The number of carbonyl (C=O) groups excluding carboxylic acids is 1. The highest BCUT2D eigenvalue weighted by Crippen LogP contribution is 2.28. The van der Waals surface area contributed by atoms with E-state index in [2.05, 4.69) is 24.3 Å². The SMILES string of the molecule is O=C(C=Cc1cccc2ccccc12)N1CCc2ccccc21. The lowest BCUT2D eigenvalue weighted by Gasteiger charge is -2.14. The minimum atomic E-state index is 0.0443. The summed E-state index contributed by atoms with van der Waals surface area (Å²) in [6, 6.07) is 22.5. The lowest BCUT2D eigenvalue weighted by Crippen LogP contribution is -2.26. The molecule has 1 aliphatic heterocycles. The Kier molecular flexibility index (Phi) is 3.43. The quantitative estimate of drug-likeness (QED) is 0.640. The fourth-order valence-corrected chi connectivity index (χ4v) is 3.21. The van der Waals surface area contributed by atoms with Crippen LogP contribution in [0.25, 0.3) is 16.8 Å². The Balaban J connectivity index is 1.63. The molecule has 0 N–H and O–H groups in total. The summed E-state index contributed by atoms with van der Waals surface area (Å²) in [5.41, 5.74) is 3.36. The standard InChI is InChI=1S/C21H17NO/c23-21(22-15-14-18-7-2-4-11-20(18)22)13-12-17-9-5-8-16-6-1-3-10-19(16)17/h1-13H,14-15H2. The number of nitrogens with zero attached hydrogens (tertiary/aromatic N) is 1. The van der Waals surface area contributed by atoms with Crippen LogP contribution in [-0.2, 0) is 11.2 Å². The third-order valence-corrected chi connectivity index (χ3v) is 4.38. The largest absolute Gasteiger partial charge is 0.308 e. The number of benzene rings is 3. The van der Waals surface area contributed by atoms with Crippen LogP contribution in [0.4, 0.5) is 5.69 Å². The van der Waals surface area contributed by atoms with Crippen molar-refractivity contribution in [2.24, 2.45) is 0 Å². The molecule has 0 saturated carbocycles. The molecule has 0 aromatic heterocycles. The Labute approximate surface area is 135 Å². The molecular weight excluding hydrogens is 282 g/mol. The molecule has 4 rings (SSSR count). The molecule has 3 aromatic carbocycles. The molecule has 0 radical (unpaired) electrons. The van der Waals surface area contributed by atoms with Crippen molar-refractivity contribution < 1.29 is 4.79 Å². The summed E-state index contributed by atoms with van der Waals surface area (Å²) in [7, 11) is 0. The van der Waals surface area contributed by atoms with Crippen molar-refractivity contribution in [2.45, 2.75) is 6.42 Å². The van der Waals surface area contributed by atoms with E-state index in [9.17, 15) is 4.79 Å². The van der Waals surface area contributed by atoms with Gasteiger partial charge in [0.1, 0.15) is 0 Å². The van der Waals surface area contributed by atoms with Crippen LogP contribution in [-0.4, -0.2) is 12.5 Å². The zero-order valence-electron chi connectivity index (χ0n) is 12.8. The van der Waals surface area contributed by atoms with Crippen LogP contribution in [0.3, 0.4) is 0 Å². The molecule has 0 atom stereocenters. The lowest BCUT2D eigenvalue weighted by molar-refractivity contribution is -0.114. The van der Waals surface area contributed by atoms with Crippen molar-refractivity contribution in [1.29, 1.82) is 0 Å². The van der Waals surface area contributed by atoms with Gasteiger partial charge < -0.3 is 4.90 Å². The van der Waals surface area contributed by atoms with Crippen LogP contribution in [0.2, 0.25) is 0 Å². The molecule has 2 heteroatoms. The van der Waals surface area contributed by atoms with Crippen molar-refractivity contribution in [2.75, 3.05) is 11.4 Å². The molecule has 112 valence electrons. The molecular formula is C21H17NO. The average Bonchev–Trinajstić information content (AvgIpc) is 3.04. The van der Waals surface area contributed by atoms with Gasteiger partial charge in [-0.05, 0) is 40.5 Å². The molecule has 1 heterocycles. The summed E-state index contributed by atoms with van der Waals surface area (Å²) in [5, 5.41) is 2.36. The van der Waals surface area contributed by atoms with Gasteiger partial charge in [-0.15, -0.1) is 0 Å². The van der Waals surface area contributed by atoms with Crippen molar-refractivity contribution in [3.8, 4) is 0 Å². The number of hydrogen-bond donors (Lipinski definition) is 0. The highest BCUT2D eigenvalue weighted by Gasteiger charge is 2.22. The van der Waals surface area contributed by atoms with Gasteiger partial charge in [-0.3, -0.25) is 4.79 Å². The van der Waals surface area contributed by atoms with E-state index in [1.54, 1.807) is 6.08 Å². The van der Waals surface area contributed by atoms with Gasteiger partial charge in [-0.2, -0.15) is 0 Å². The van der Waals surface area contributed by atoms with E-state index < -0.39 is 0 Å². The first-order valence-corrected chi connectivity index (χ1v) is 7.88. The highest BCUT2D eigenvalue weighted by molar-refractivity contribution is 6.06. The Morgan fingerprint density at radius 1 is 0.913 bits per heavy atom. The summed E-state index contributed by atoms with van der Waals surface area (Å²) >= 11 is 0. The predicted molar refractivity (Wildman–Crippen MR) is 95.5 cm³/mol. The topological polar surface area (TPSA) is 20.3 Å². The molecule has 0 aliphatic carbocycles. The zero-order valence-corrected chi connectivity index (χ0v) is 12.8. The summed E-state index contributed by atoms with van der Waals surface area (Å²) in [6.45, 7) is 0.762. The van der Waals surface area contributed by atoms with Gasteiger partial charge in [0.05, 0.1) is 0 Å². The maximum atomic E-state index is 12.6. The third kappa shape index (κ3) is 2.53. The van der Waals surface area contributed by atoms with E-state index in [1.807, 2.05) is 53.4 Å². The molecule has 1 aliphatic rings.